The zero-order chi connectivity index (χ0) is 16.3. The molecule has 2 N–H and O–H groups in total. The largest absolute Gasteiger partial charge is 0.478 e. The molecule has 1 fully saturated rings. The van der Waals surface area contributed by atoms with Crippen LogP contribution in [0.3, 0.4) is 0 Å². The minimum atomic E-state index is -2.69. The highest BCUT2D eigenvalue weighted by Gasteiger charge is 2.35. The van der Waals surface area contributed by atoms with Gasteiger partial charge in [0.25, 0.3) is 5.92 Å². The summed E-state index contributed by atoms with van der Waals surface area (Å²) in [6, 6.07) is 5.45. The first-order chi connectivity index (χ1) is 10.3. The van der Waals surface area contributed by atoms with E-state index in [4.69, 9.17) is 5.11 Å². The summed E-state index contributed by atoms with van der Waals surface area (Å²) in [6.45, 7) is 1.82. The number of hydrogen-bond acceptors (Lipinski definition) is 2. The van der Waals surface area contributed by atoms with E-state index in [1.54, 1.807) is 19.1 Å². The molecule has 0 saturated carbocycles. The second kappa shape index (κ2) is 6.29. The van der Waals surface area contributed by atoms with Crippen LogP contribution in [0, 0.1) is 0 Å². The van der Waals surface area contributed by atoms with E-state index in [9.17, 15) is 18.4 Å². The van der Waals surface area contributed by atoms with Gasteiger partial charge in [0.1, 0.15) is 0 Å². The minimum absolute atomic E-state index is 0.0313. The highest BCUT2D eigenvalue weighted by atomic mass is 19.3. The quantitative estimate of drug-likeness (QED) is 0.901. The number of hydrogen-bond donors (Lipinski definition) is 2. The lowest BCUT2D eigenvalue weighted by Crippen LogP contribution is -2.47. The molecule has 1 aliphatic rings. The highest BCUT2D eigenvalue weighted by Crippen LogP contribution is 2.27. The van der Waals surface area contributed by atoms with Gasteiger partial charge in [-0.05, 0) is 24.6 Å². The van der Waals surface area contributed by atoms with Crippen LogP contribution in [0.2, 0.25) is 0 Å². The number of rotatable bonds is 3. The summed E-state index contributed by atoms with van der Waals surface area (Å²) in [5, 5.41) is 11.6. The number of aromatic carboxylic acids is 1. The van der Waals surface area contributed by atoms with Gasteiger partial charge in [-0.1, -0.05) is 12.1 Å². The highest BCUT2D eigenvalue weighted by molar-refractivity contribution is 5.87. The number of benzene rings is 1. The molecule has 1 saturated heterocycles. The van der Waals surface area contributed by atoms with E-state index < -0.39 is 11.9 Å². The van der Waals surface area contributed by atoms with E-state index in [0.29, 0.717) is 0 Å². The summed E-state index contributed by atoms with van der Waals surface area (Å²) in [5.74, 6) is -3.70. The molecule has 2 amide bonds. The maximum atomic E-state index is 13.1. The van der Waals surface area contributed by atoms with Gasteiger partial charge in [0.15, 0.2) is 0 Å². The lowest BCUT2D eigenvalue weighted by atomic mass is 10.1. The summed E-state index contributed by atoms with van der Waals surface area (Å²) in [5.41, 5.74) is 0.918. The van der Waals surface area contributed by atoms with E-state index >= 15 is 0 Å². The Bertz CT molecular complexity index is 550. The van der Waals surface area contributed by atoms with Crippen LogP contribution in [-0.4, -0.2) is 41.0 Å². The van der Waals surface area contributed by atoms with Crippen LogP contribution >= 0.6 is 0 Å². The fourth-order valence-corrected chi connectivity index (χ4v) is 2.31. The van der Waals surface area contributed by atoms with E-state index in [1.165, 1.54) is 17.0 Å². The molecule has 1 aliphatic heterocycles. The SMILES string of the molecule is C[C@@H](NC(=O)N1CCC(F)(F)CC1)c1ccc(C(=O)O)cc1. The number of likely N-dealkylation sites (tertiary alicyclic amines) is 1. The monoisotopic (exact) mass is 312 g/mol. The van der Waals surface area contributed by atoms with Crippen LogP contribution in [-0.2, 0) is 0 Å². The lowest BCUT2D eigenvalue weighted by molar-refractivity contribution is -0.0470. The predicted octanol–water partition coefficient (Wildman–Crippen LogP) is 2.89. The number of halogens is 2. The van der Waals surface area contributed by atoms with Crippen molar-refractivity contribution >= 4 is 12.0 Å². The van der Waals surface area contributed by atoms with E-state index in [0.717, 1.165) is 5.56 Å². The van der Waals surface area contributed by atoms with Crippen molar-refractivity contribution in [3.8, 4) is 0 Å². The van der Waals surface area contributed by atoms with Crippen molar-refractivity contribution in [3.05, 3.63) is 35.4 Å². The van der Waals surface area contributed by atoms with E-state index in [2.05, 4.69) is 5.32 Å². The second-order valence-electron chi connectivity index (χ2n) is 5.44. The maximum absolute atomic E-state index is 13.1. The zero-order valence-corrected chi connectivity index (χ0v) is 12.2. The number of urea groups is 1. The van der Waals surface area contributed by atoms with E-state index in [-0.39, 0.29) is 43.6 Å². The van der Waals surface area contributed by atoms with Crippen LogP contribution < -0.4 is 5.32 Å². The molecular formula is C15H18F2N2O3. The average molecular weight is 312 g/mol. The third-order valence-electron chi connectivity index (χ3n) is 3.78. The van der Waals surface area contributed by atoms with Crippen LogP contribution in [0.15, 0.2) is 24.3 Å². The van der Waals surface area contributed by atoms with Gasteiger partial charge in [-0.3, -0.25) is 0 Å². The molecule has 0 unspecified atom stereocenters. The number of nitrogens with one attached hydrogen (secondary N) is 1. The Morgan fingerprint density at radius 3 is 2.27 bits per heavy atom. The zero-order valence-electron chi connectivity index (χ0n) is 12.2. The maximum Gasteiger partial charge on any atom is 0.335 e. The van der Waals surface area contributed by atoms with Crippen molar-refractivity contribution in [3.63, 3.8) is 0 Å². The van der Waals surface area contributed by atoms with Gasteiger partial charge >= 0.3 is 12.0 Å². The van der Waals surface area contributed by atoms with Gasteiger partial charge in [-0.15, -0.1) is 0 Å². The fraction of sp³-hybridized carbons (Fsp3) is 0.467. The Kier molecular flexibility index (Phi) is 4.63. The molecule has 22 heavy (non-hydrogen) atoms. The first kappa shape index (κ1) is 16.2. The molecular weight excluding hydrogens is 294 g/mol. The van der Waals surface area contributed by atoms with Crippen molar-refractivity contribution in [2.24, 2.45) is 0 Å². The molecule has 7 heteroatoms. The van der Waals surface area contributed by atoms with E-state index in [1.807, 2.05) is 0 Å². The molecule has 120 valence electrons. The Labute approximate surface area is 126 Å². The fourth-order valence-electron chi connectivity index (χ4n) is 2.31. The molecule has 5 nitrogen and oxygen atoms in total. The third kappa shape index (κ3) is 3.93. The van der Waals surface area contributed by atoms with Gasteiger partial charge in [0.05, 0.1) is 11.6 Å². The molecule has 0 spiro atoms. The summed E-state index contributed by atoms with van der Waals surface area (Å²) in [6.07, 6.45) is -0.635. The lowest BCUT2D eigenvalue weighted by Gasteiger charge is -2.32. The van der Waals surface area contributed by atoms with Gasteiger partial charge < -0.3 is 15.3 Å². The average Bonchev–Trinajstić information content (AvgIpc) is 2.47. The molecule has 1 heterocycles. The first-order valence-electron chi connectivity index (χ1n) is 7.05. The molecule has 1 aromatic carbocycles. The smallest absolute Gasteiger partial charge is 0.335 e. The van der Waals surface area contributed by atoms with Crippen molar-refractivity contribution in [1.29, 1.82) is 0 Å². The molecule has 2 rings (SSSR count). The Morgan fingerprint density at radius 1 is 1.23 bits per heavy atom. The number of piperidine rings is 1. The Balaban J connectivity index is 1.92. The topological polar surface area (TPSA) is 69.6 Å². The first-order valence-corrected chi connectivity index (χ1v) is 7.05. The summed E-state index contributed by atoms with van der Waals surface area (Å²) in [7, 11) is 0. The van der Waals surface area contributed by atoms with Gasteiger partial charge in [-0.2, -0.15) is 0 Å². The number of amides is 2. The van der Waals surface area contributed by atoms with Gasteiger partial charge in [0, 0.05) is 25.9 Å². The summed E-state index contributed by atoms with van der Waals surface area (Å²) in [4.78, 5) is 24.2. The van der Waals surface area contributed by atoms with Crippen LogP contribution in [0.1, 0.15) is 41.7 Å². The number of nitrogens with zero attached hydrogens (tertiary/aromatic N) is 1. The van der Waals surface area contributed by atoms with Crippen molar-refractivity contribution in [1.82, 2.24) is 10.2 Å². The number of carboxylic acids is 1. The standard InChI is InChI=1S/C15H18F2N2O3/c1-10(11-2-4-12(5-3-11)13(20)21)18-14(22)19-8-6-15(16,17)7-9-19/h2-5,10H,6-9H2,1H3,(H,18,22)(H,20,21)/t10-/m1/s1. The number of carbonyl (C=O) groups is 2. The number of carboxylic acid groups (broad SMARTS) is 1. The Hall–Kier alpha value is -2.18. The Morgan fingerprint density at radius 2 is 1.77 bits per heavy atom. The molecule has 0 bridgehead atoms. The summed E-state index contributed by atoms with van der Waals surface area (Å²) < 4.78 is 26.1. The molecule has 1 aromatic rings. The molecule has 0 aliphatic carbocycles. The van der Waals surface area contributed by atoms with Crippen LogP contribution in [0.25, 0.3) is 0 Å². The molecule has 1 atom stereocenters. The second-order valence-corrected chi connectivity index (χ2v) is 5.44. The van der Waals surface area contributed by atoms with Crippen molar-refractivity contribution in [2.75, 3.05) is 13.1 Å². The number of alkyl halides is 2. The minimum Gasteiger partial charge on any atom is -0.478 e. The van der Waals surface area contributed by atoms with Crippen molar-refractivity contribution < 1.29 is 23.5 Å². The van der Waals surface area contributed by atoms with Crippen molar-refractivity contribution in [2.45, 2.75) is 31.7 Å². The van der Waals surface area contributed by atoms with Gasteiger partial charge in [0.2, 0.25) is 0 Å². The number of carbonyl (C=O) groups excluding carboxylic acids is 1. The van der Waals surface area contributed by atoms with Crippen LogP contribution in [0.4, 0.5) is 13.6 Å². The molecule has 0 radical (unpaired) electrons. The van der Waals surface area contributed by atoms with Crippen LogP contribution in [0.5, 0.6) is 0 Å². The normalized spacial score (nSPS) is 18.6. The molecule has 0 aromatic heterocycles. The third-order valence-corrected chi connectivity index (χ3v) is 3.78. The predicted molar refractivity (Wildman–Crippen MR) is 76.1 cm³/mol. The van der Waals surface area contributed by atoms with Gasteiger partial charge in [-0.25, -0.2) is 18.4 Å². The summed E-state index contributed by atoms with van der Waals surface area (Å²) >= 11 is 0.